The number of carbonyl (C=O) groups excluding carboxylic acids is 1. The van der Waals surface area contributed by atoms with Gasteiger partial charge in [-0.05, 0) is 19.1 Å². The van der Waals surface area contributed by atoms with E-state index in [0.29, 0.717) is 19.8 Å². The molecule has 2 rings (SSSR count). The van der Waals surface area contributed by atoms with Gasteiger partial charge in [-0.2, -0.15) is 0 Å². The number of carbonyl (C=O) groups is 1. The maximum atomic E-state index is 11.5. The molecule has 1 fully saturated rings. The Balaban J connectivity index is 2.14. The number of benzene rings is 1. The Labute approximate surface area is 98.6 Å². The molecule has 0 atom stereocenters. The van der Waals surface area contributed by atoms with Crippen molar-refractivity contribution in [1.82, 2.24) is 4.90 Å². The van der Waals surface area contributed by atoms with Crippen LogP contribution in [0.5, 0.6) is 0 Å². The van der Waals surface area contributed by atoms with Crippen LogP contribution in [0.1, 0.15) is 6.92 Å². The van der Waals surface area contributed by atoms with Gasteiger partial charge < -0.3 is 9.80 Å². The molecule has 1 heterocycles. The van der Waals surface area contributed by atoms with Crippen molar-refractivity contribution in [3.8, 4) is 0 Å². The molecular weight excluding hydrogens is 222 g/mol. The zero-order valence-corrected chi connectivity index (χ0v) is 9.50. The Hall–Kier alpha value is -2.11. The van der Waals surface area contributed by atoms with Gasteiger partial charge in [0, 0.05) is 24.4 Å². The third-order valence-corrected chi connectivity index (χ3v) is 2.83. The van der Waals surface area contributed by atoms with Crippen LogP contribution in [0.2, 0.25) is 0 Å². The van der Waals surface area contributed by atoms with E-state index in [-0.39, 0.29) is 11.6 Å². The van der Waals surface area contributed by atoms with Crippen molar-refractivity contribution in [2.75, 3.05) is 24.7 Å². The third kappa shape index (κ3) is 2.20. The average molecular weight is 235 g/mol. The number of rotatable bonds is 3. The number of hydrogen-bond donors (Lipinski definition) is 0. The van der Waals surface area contributed by atoms with E-state index in [9.17, 15) is 14.9 Å². The number of non-ortho nitro benzene ring substituents is 1. The van der Waals surface area contributed by atoms with E-state index >= 15 is 0 Å². The molecule has 1 saturated heterocycles. The first-order chi connectivity index (χ1) is 8.11. The second-order valence-corrected chi connectivity index (χ2v) is 3.86. The van der Waals surface area contributed by atoms with E-state index in [1.165, 1.54) is 12.1 Å². The van der Waals surface area contributed by atoms with Gasteiger partial charge in [-0.3, -0.25) is 14.9 Å². The molecule has 1 aliphatic rings. The van der Waals surface area contributed by atoms with E-state index in [4.69, 9.17) is 0 Å². The van der Waals surface area contributed by atoms with Crippen molar-refractivity contribution in [2.45, 2.75) is 6.92 Å². The number of likely N-dealkylation sites (N-methyl/N-ethyl adjacent to an activating group) is 1. The van der Waals surface area contributed by atoms with Crippen molar-refractivity contribution in [2.24, 2.45) is 0 Å². The van der Waals surface area contributed by atoms with Gasteiger partial charge in [0.2, 0.25) is 5.91 Å². The van der Waals surface area contributed by atoms with Gasteiger partial charge in [-0.15, -0.1) is 0 Å². The summed E-state index contributed by atoms with van der Waals surface area (Å²) in [6, 6.07) is 6.25. The number of anilines is 1. The van der Waals surface area contributed by atoms with E-state index in [0.717, 1.165) is 5.69 Å². The number of amides is 1. The molecule has 6 nitrogen and oxygen atoms in total. The van der Waals surface area contributed by atoms with Crippen molar-refractivity contribution >= 4 is 17.3 Å². The lowest BCUT2D eigenvalue weighted by Gasteiger charge is -2.18. The molecule has 6 heteroatoms. The van der Waals surface area contributed by atoms with Crippen LogP contribution in [-0.4, -0.2) is 35.5 Å². The fraction of sp³-hybridized carbons (Fsp3) is 0.364. The highest BCUT2D eigenvalue weighted by Crippen LogP contribution is 2.22. The monoisotopic (exact) mass is 235 g/mol. The lowest BCUT2D eigenvalue weighted by molar-refractivity contribution is -0.384. The quantitative estimate of drug-likeness (QED) is 0.583. The molecule has 0 aliphatic carbocycles. The summed E-state index contributed by atoms with van der Waals surface area (Å²) >= 11 is 0. The Morgan fingerprint density at radius 2 is 2.00 bits per heavy atom. The second-order valence-electron chi connectivity index (χ2n) is 3.86. The van der Waals surface area contributed by atoms with E-state index in [2.05, 4.69) is 0 Å². The van der Waals surface area contributed by atoms with Crippen molar-refractivity contribution in [1.29, 1.82) is 0 Å². The van der Waals surface area contributed by atoms with Gasteiger partial charge >= 0.3 is 0 Å². The Morgan fingerprint density at radius 3 is 2.47 bits per heavy atom. The number of nitro groups is 1. The van der Waals surface area contributed by atoms with Crippen molar-refractivity contribution in [3.63, 3.8) is 0 Å². The van der Waals surface area contributed by atoms with Crippen molar-refractivity contribution < 1.29 is 9.72 Å². The molecule has 1 aromatic rings. The van der Waals surface area contributed by atoms with Gasteiger partial charge in [0.1, 0.15) is 0 Å². The van der Waals surface area contributed by atoms with Crippen LogP contribution < -0.4 is 4.90 Å². The summed E-state index contributed by atoms with van der Waals surface area (Å²) in [5, 5.41) is 10.5. The van der Waals surface area contributed by atoms with Crippen LogP contribution >= 0.6 is 0 Å². The van der Waals surface area contributed by atoms with Crippen LogP contribution in [0.4, 0.5) is 11.4 Å². The Kier molecular flexibility index (Phi) is 2.95. The molecule has 0 radical (unpaired) electrons. The van der Waals surface area contributed by atoms with E-state index in [1.54, 1.807) is 17.0 Å². The number of nitrogens with zero attached hydrogens (tertiary/aromatic N) is 3. The van der Waals surface area contributed by atoms with Gasteiger partial charge in [0.25, 0.3) is 5.69 Å². The lowest BCUT2D eigenvalue weighted by atomic mass is 10.2. The summed E-state index contributed by atoms with van der Waals surface area (Å²) in [6.45, 7) is 3.50. The SMILES string of the molecule is CCN1CN(c2ccc([N+](=O)[O-])cc2)CC1=O. The maximum Gasteiger partial charge on any atom is 0.269 e. The van der Waals surface area contributed by atoms with E-state index in [1.807, 2.05) is 11.8 Å². The zero-order valence-electron chi connectivity index (χ0n) is 9.50. The molecule has 90 valence electrons. The van der Waals surface area contributed by atoms with Crippen LogP contribution in [-0.2, 0) is 4.79 Å². The van der Waals surface area contributed by atoms with Gasteiger partial charge in [0.15, 0.2) is 0 Å². The molecule has 1 amide bonds. The normalized spacial score (nSPS) is 15.5. The minimum Gasteiger partial charge on any atom is -0.344 e. The summed E-state index contributed by atoms with van der Waals surface area (Å²) < 4.78 is 0. The van der Waals surface area contributed by atoms with Crippen LogP contribution in [0.3, 0.4) is 0 Å². The molecule has 0 saturated carbocycles. The standard InChI is InChI=1S/C11H13N3O3/c1-2-12-8-13(7-11(12)15)9-3-5-10(6-4-9)14(16)17/h3-6H,2,7-8H2,1H3. The largest absolute Gasteiger partial charge is 0.344 e. The van der Waals surface area contributed by atoms with E-state index < -0.39 is 4.92 Å². The summed E-state index contributed by atoms with van der Waals surface area (Å²) in [7, 11) is 0. The molecular formula is C11H13N3O3. The Morgan fingerprint density at radius 1 is 1.35 bits per heavy atom. The average Bonchev–Trinajstić information content (AvgIpc) is 2.70. The minimum absolute atomic E-state index is 0.0617. The molecule has 0 aromatic heterocycles. The molecule has 0 spiro atoms. The summed E-state index contributed by atoms with van der Waals surface area (Å²) in [5.41, 5.74) is 0.895. The maximum absolute atomic E-state index is 11.5. The predicted octanol–water partition coefficient (Wildman–Crippen LogP) is 1.22. The number of hydrogen-bond acceptors (Lipinski definition) is 4. The molecule has 0 N–H and O–H groups in total. The first kappa shape index (κ1) is 11.4. The van der Waals surface area contributed by atoms with Crippen LogP contribution in [0, 0.1) is 10.1 Å². The molecule has 1 aliphatic heterocycles. The minimum atomic E-state index is -0.433. The first-order valence-electron chi connectivity index (χ1n) is 5.39. The second kappa shape index (κ2) is 4.40. The zero-order chi connectivity index (χ0) is 12.4. The predicted molar refractivity (Wildman–Crippen MR) is 62.7 cm³/mol. The smallest absolute Gasteiger partial charge is 0.269 e. The lowest BCUT2D eigenvalue weighted by Crippen LogP contribution is -2.26. The molecule has 17 heavy (non-hydrogen) atoms. The van der Waals surface area contributed by atoms with Crippen LogP contribution in [0.25, 0.3) is 0 Å². The first-order valence-corrected chi connectivity index (χ1v) is 5.39. The topological polar surface area (TPSA) is 66.7 Å². The number of nitro benzene ring substituents is 1. The highest BCUT2D eigenvalue weighted by Gasteiger charge is 2.26. The fourth-order valence-corrected chi connectivity index (χ4v) is 1.83. The fourth-order valence-electron chi connectivity index (χ4n) is 1.83. The van der Waals surface area contributed by atoms with Crippen LogP contribution in [0.15, 0.2) is 24.3 Å². The molecule has 0 unspecified atom stereocenters. The van der Waals surface area contributed by atoms with Gasteiger partial charge in [-0.25, -0.2) is 0 Å². The van der Waals surface area contributed by atoms with Gasteiger partial charge in [0.05, 0.1) is 18.1 Å². The summed E-state index contributed by atoms with van der Waals surface area (Å²) in [5.74, 6) is 0.0888. The third-order valence-electron chi connectivity index (χ3n) is 2.83. The molecule has 0 bridgehead atoms. The highest BCUT2D eigenvalue weighted by atomic mass is 16.6. The highest BCUT2D eigenvalue weighted by molar-refractivity contribution is 5.84. The summed E-state index contributed by atoms with van der Waals surface area (Å²) in [6.07, 6.45) is 0. The molecule has 1 aromatic carbocycles. The Bertz CT molecular complexity index is 444. The summed E-state index contributed by atoms with van der Waals surface area (Å²) in [4.78, 5) is 25.3. The van der Waals surface area contributed by atoms with Crippen molar-refractivity contribution in [3.05, 3.63) is 34.4 Å². The van der Waals surface area contributed by atoms with Gasteiger partial charge in [-0.1, -0.05) is 0 Å².